The van der Waals surface area contributed by atoms with Gasteiger partial charge in [-0.1, -0.05) is 29.8 Å². The van der Waals surface area contributed by atoms with Crippen molar-refractivity contribution in [1.82, 2.24) is 4.98 Å². The predicted octanol–water partition coefficient (Wildman–Crippen LogP) is 5.08. The molecule has 1 aromatic heterocycles. The molecule has 0 saturated heterocycles. The molecule has 2 aromatic carbocycles. The quantitative estimate of drug-likeness (QED) is 0.623. The summed E-state index contributed by atoms with van der Waals surface area (Å²) in [5, 5.41) is 3.56. The average Bonchev–Trinajstić information content (AvgIpc) is 3.03. The molecule has 146 valence electrons. The van der Waals surface area contributed by atoms with E-state index in [0.717, 1.165) is 17.3 Å². The minimum absolute atomic E-state index is 0.363. The third-order valence-electron chi connectivity index (χ3n) is 5.15. The lowest BCUT2D eigenvalue weighted by atomic mass is 9.81. The van der Waals surface area contributed by atoms with Gasteiger partial charge in [0, 0.05) is 42.3 Å². The molecule has 0 radical (unpaired) electrons. The van der Waals surface area contributed by atoms with E-state index >= 15 is 0 Å². The van der Waals surface area contributed by atoms with Gasteiger partial charge in [0.1, 0.15) is 5.75 Å². The van der Waals surface area contributed by atoms with Gasteiger partial charge in [-0.2, -0.15) is 0 Å². The number of aromatic amines is 1. The standard InChI is InChI=1S/C22H22F2N2O2/c1-14-2-4-15(5-3-14)8-9-28-17-6-7-19-18(10-17)20(13-25-19)26-21(27)16-11-22(23,24)12-16/h2-7,10,13,16,25H,8-9,11-12H2,1H3,(H,26,27). The number of halogens is 2. The number of amides is 1. The van der Waals surface area contributed by atoms with Crippen molar-refractivity contribution in [1.29, 1.82) is 0 Å². The Morgan fingerprint density at radius 3 is 2.68 bits per heavy atom. The van der Waals surface area contributed by atoms with Crippen LogP contribution in [0.2, 0.25) is 0 Å². The topological polar surface area (TPSA) is 54.1 Å². The van der Waals surface area contributed by atoms with Crippen LogP contribution in [-0.4, -0.2) is 23.4 Å². The number of anilines is 1. The van der Waals surface area contributed by atoms with Crippen LogP contribution < -0.4 is 10.1 Å². The minimum atomic E-state index is -2.71. The molecule has 0 atom stereocenters. The summed E-state index contributed by atoms with van der Waals surface area (Å²) in [6.07, 6.45) is 1.71. The number of alkyl halides is 2. The molecule has 28 heavy (non-hydrogen) atoms. The fourth-order valence-corrected chi connectivity index (χ4v) is 3.42. The van der Waals surface area contributed by atoms with Gasteiger partial charge in [0.25, 0.3) is 0 Å². The first kappa shape index (κ1) is 18.5. The number of nitrogens with one attached hydrogen (secondary N) is 2. The number of H-pyrrole nitrogens is 1. The van der Waals surface area contributed by atoms with Crippen LogP contribution in [-0.2, 0) is 11.2 Å². The Balaban J connectivity index is 1.39. The summed E-state index contributed by atoms with van der Waals surface area (Å²) < 4.78 is 31.8. The summed E-state index contributed by atoms with van der Waals surface area (Å²) >= 11 is 0. The Morgan fingerprint density at radius 2 is 1.96 bits per heavy atom. The van der Waals surface area contributed by atoms with Crippen LogP contribution >= 0.6 is 0 Å². The van der Waals surface area contributed by atoms with Crippen LogP contribution in [0.25, 0.3) is 10.9 Å². The van der Waals surface area contributed by atoms with Crippen LogP contribution in [0.15, 0.2) is 48.7 Å². The molecule has 1 aliphatic rings. The van der Waals surface area contributed by atoms with Crippen molar-refractivity contribution in [3.05, 3.63) is 59.8 Å². The molecule has 3 aromatic rings. The lowest BCUT2D eigenvalue weighted by Gasteiger charge is -2.33. The van der Waals surface area contributed by atoms with E-state index in [0.29, 0.717) is 18.0 Å². The highest BCUT2D eigenvalue weighted by Crippen LogP contribution is 2.43. The molecular weight excluding hydrogens is 362 g/mol. The smallest absolute Gasteiger partial charge is 0.249 e. The Kier molecular flexibility index (Phi) is 4.79. The Hall–Kier alpha value is -2.89. The third kappa shape index (κ3) is 4.01. The number of hydrogen-bond donors (Lipinski definition) is 2. The first-order valence-corrected chi connectivity index (χ1v) is 9.38. The van der Waals surface area contributed by atoms with E-state index < -0.39 is 11.8 Å². The lowest BCUT2D eigenvalue weighted by Crippen LogP contribution is -2.42. The molecule has 0 spiro atoms. The Bertz CT molecular complexity index is 987. The summed E-state index contributed by atoms with van der Waals surface area (Å²) in [4.78, 5) is 15.3. The lowest BCUT2D eigenvalue weighted by molar-refractivity contribution is -0.145. The van der Waals surface area contributed by atoms with Crippen molar-refractivity contribution < 1.29 is 18.3 Å². The summed E-state index contributed by atoms with van der Waals surface area (Å²) in [7, 11) is 0. The van der Waals surface area contributed by atoms with E-state index in [1.54, 1.807) is 6.20 Å². The van der Waals surface area contributed by atoms with E-state index in [9.17, 15) is 13.6 Å². The van der Waals surface area contributed by atoms with Crippen molar-refractivity contribution in [2.24, 2.45) is 5.92 Å². The van der Waals surface area contributed by atoms with Gasteiger partial charge in [0.2, 0.25) is 11.8 Å². The van der Waals surface area contributed by atoms with Gasteiger partial charge in [-0.15, -0.1) is 0 Å². The predicted molar refractivity (Wildman–Crippen MR) is 105 cm³/mol. The molecule has 4 rings (SSSR count). The second-order valence-corrected chi connectivity index (χ2v) is 7.44. The fourth-order valence-electron chi connectivity index (χ4n) is 3.42. The minimum Gasteiger partial charge on any atom is -0.493 e. The number of benzene rings is 2. The molecule has 4 nitrogen and oxygen atoms in total. The van der Waals surface area contributed by atoms with Crippen LogP contribution in [0, 0.1) is 12.8 Å². The highest BCUT2D eigenvalue weighted by molar-refractivity contribution is 6.03. The number of aromatic nitrogens is 1. The molecule has 0 aliphatic heterocycles. The number of hydrogen-bond acceptors (Lipinski definition) is 2. The van der Waals surface area contributed by atoms with Crippen LogP contribution in [0.4, 0.5) is 14.5 Å². The monoisotopic (exact) mass is 384 g/mol. The maximum Gasteiger partial charge on any atom is 0.249 e. The van der Waals surface area contributed by atoms with Crippen LogP contribution in [0.3, 0.4) is 0 Å². The van der Waals surface area contributed by atoms with Gasteiger partial charge in [-0.3, -0.25) is 4.79 Å². The molecule has 1 aliphatic carbocycles. The van der Waals surface area contributed by atoms with Crippen molar-refractivity contribution in [2.75, 3.05) is 11.9 Å². The van der Waals surface area contributed by atoms with Gasteiger partial charge in [0.15, 0.2) is 0 Å². The molecule has 1 saturated carbocycles. The van der Waals surface area contributed by atoms with E-state index in [4.69, 9.17) is 4.74 Å². The first-order chi connectivity index (χ1) is 13.4. The highest BCUT2D eigenvalue weighted by Gasteiger charge is 2.48. The zero-order valence-corrected chi connectivity index (χ0v) is 15.6. The summed E-state index contributed by atoms with van der Waals surface area (Å²) in [6.45, 7) is 2.59. The summed E-state index contributed by atoms with van der Waals surface area (Å²) in [5.41, 5.74) is 3.86. The number of carbonyl (C=O) groups excluding carboxylic acids is 1. The first-order valence-electron chi connectivity index (χ1n) is 9.38. The van der Waals surface area contributed by atoms with E-state index in [1.807, 2.05) is 18.2 Å². The molecule has 1 amide bonds. The molecule has 0 unspecified atom stereocenters. The van der Waals surface area contributed by atoms with Gasteiger partial charge in [-0.05, 0) is 30.7 Å². The highest BCUT2D eigenvalue weighted by atomic mass is 19.3. The molecule has 6 heteroatoms. The average molecular weight is 384 g/mol. The Labute approximate surface area is 161 Å². The second kappa shape index (κ2) is 7.26. The largest absolute Gasteiger partial charge is 0.493 e. The normalized spacial score (nSPS) is 16.0. The Morgan fingerprint density at radius 1 is 1.21 bits per heavy atom. The number of ether oxygens (including phenoxy) is 1. The second-order valence-electron chi connectivity index (χ2n) is 7.44. The van der Waals surface area contributed by atoms with Crippen molar-refractivity contribution in [3.63, 3.8) is 0 Å². The van der Waals surface area contributed by atoms with Crippen LogP contribution in [0.5, 0.6) is 5.75 Å². The van der Waals surface area contributed by atoms with Crippen molar-refractivity contribution >= 4 is 22.5 Å². The number of aryl methyl sites for hydroxylation is 1. The molecule has 1 fully saturated rings. The molecular formula is C22H22F2N2O2. The van der Waals surface area contributed by atoms with Gasteiger partial charge < -0.3 is 15.0 Å². The van der Waals surface area contributed by atoms with Gasteiger partial charge in [0.05, 0.1) is 12.3 Å². The number of rotatable bonds is 6. The number of fused-ring (bicyclic) bond motifs is 1. The van der Waals surface area contributed by atoms with Gasteiger partial charge >= 0.3 is 0 Å². The maximum atomic E-state index is 13.0. The summed E-state index contributed by atoms with van der Waals surface area (Å²) in [5.74, 6) is -3.00. The SMILES string of the molecule is Cc1ccc(CCOc2ccc3[nH]cc(NC(=O)C4CC(F)(F)C4)c3c2)cc1. The zero-order valence-electron chi connectivity index (χ0n) is 15.6. The molecule has 2 N–H and O–H groups in total. The van der Waals surface area contributed by atoms with Crippen molar-refractivity contribution in [2.45, 2.75) is 32.1 Å². The summed E-state index contributed by atoms with van der Waals surface area (Å²) in [6, 6.07) is 13.9. The van der Waals surface area contributed by atoms with E-state index in [1.165, 1.54) is 11.1 Å². The van der Waals surface area contributed by atoms with E-state index in [2.05, 4.69) is 41.5 Å². The van der Waals surface area contributed by atoms with Gasteiger partial charge in [-0.25, -0.2) is 8.78 Å². The molecule has 1 heterocycles. The van der Waals surface area contributed by atoms with E-state index in [-0.39, 0.29) is 18.7 Å². The third-order valence-corrected chi connectivity index (χ3v) is 5.15. The maximum absolute atomic E-state index is 13.0. The van der Waals surface area contributed by atoms with Crippen molar-refractivity contribution in [3.8, 4) is 5.75 Å². The zero-order chi connectivity index (χ0) is 19.7. The number of carbonyl (C=O) groups is 1. The molecule has 0 bridgehead atoms. The van der Waals surface area contributed by atoms with Crippen LogP contribution in [0.1, 0.15) is 24.0 Å². The fraction of sp³-hybridized carbons (Fsp3) is 0.318.